The highest BCUT2D eigenvalue weighted by molar-refractivity contribution is 5.72. The van der Waals surface area contributed by atoms with Gasteiger partial charge in [-0.2, -0.15) is 0 Å². The first-order valence-electron chi connectivity index (χ1n) is 9.42. The molecule has 0 aromatic rings. The monoisotopic (exact) mass is 325 g/mol. The zero-order valence-corrected chi connectivity index (χ0v) is 14.4. The van der Waals surface area contributed by atoms with Crippen molar-refractivity contribution in [2.75, 3.05) is 19.8 Å². The summed E-state index contributed by atoms with van der Waals surface area (Å²) < 4.78 is 17.3. The number of rotatable bonds is 5. The second kappa shape index (κ2) is 7.95. The molecule has 3 fully saturated rings. The minimum Gasteiger partial charge on any atom is -0.466 e. The predicted octanol–water partition coefficient (Wildman–Crippen LogP) is 2.77. The number of ether oxygens (including phenoxy) is 3. The Labute approximate surface area is 139 Å². The van der Waals surface area contributed by atoms with Crippen LogP contribution in [0.5, 0.6) is 0 Å². The minimum absolute atomic E-state index is 0.0160. The average Bonchev–Trinajstić information content (AvgIpc) is 2.97. The molecule has 1 heterocycles. The Morgan fingerprint density at radius 2 is 1.91 bits per heavy atom. The molecule has 2 saturated carbocycles. The van der Waals surface area contributed by atoms with Gasteiger partial charge in [0.15, 0.2) is 5.79 Å². The SMILES string of the molecule is CCOC(=O)C1CCC(NCC2COC3(CCCCC3)O2)CC1. The highest BCUT2D eigenvalue weighted by Gasteiger charge is 2.42. The van der Waals surface area contributed by atoms with E-state index in [1.807, 2.05) is 6.92 Å². The third-order valence-corrected chi connectivity index (χ3v) is 5.51. The quantitative estimate of drug-likeness (QED) is 0.788. The van der Waals surface area contributed by atoms with Crippen LogP contribution >= 0.6 is 0 Å². The van der Waals surface area contributed by atoms with Gasteiger partial charge in [0.2, 0.25) is 0 Å². The summed E-state index contributed by atoms with van der Waals surface area (Å²) in [6, 6.07) is 0.493. The van der Waals surface area contributed by atoms with Crippen LogP contribution in [0.15, 0.2) is 0 Å². The molecule has 5 nitrogen and oxygen atoms in total. The minimum atomic E-state index is -0.272. The number of carbonyl (C=O) groups excluding carboxylic acids is 1. The van der Waals surface area contributed by atoms with Gasteiger partial charge in [0.25, 0.3) is 0 Å². The molecule has 3 rings (SSSR count). The molecule has 5 heteroatoms. The van der Waals surface area contributed by atoms with Crippen molar-refractivity contribution >= 4 is 5.97 Å². The summed E-state index contributed by atoms with van der Waals surface area (Å²) in [4.78, 5) is 11.8. The Bertz CT molecular complexity index is 386. The van der Waals surface area contributed by atoms with Crippen LogP contribution in [-0.2, 0) is 19.0 Å². The molecule has 3 aliphatic rings. The molecule has 0 radical (unpaired) electrons. The van der Waals surface area contributed by atoms with Crippen LogP contribution in [0, 0.1) is 5.92 Å². The van der Waals surface area contributed by atoms with Gasteiger partial charge >= 0.3 is 5.97 Å². The second-order valence-corrected chi connectivity index (χ2v) is 7.23. The molecule has 1 aliphatic heterocycles. The first-order chi connectivity index (χ1) is 11.2. The maximum Gasteiger partial charge on any atom is 0.308 e. The Kier molecular flexibility index (Phi) is 5.94. The number of hydrogen-bond donors (Lipinski definition) is 1. The van der Waals surface area contributed by atoms with Crippen molar-refractivity contribution in [3.05, 3.63) is 0 Å². The van der Waals surface area contributed by atoms with Crippen LogP contribution in [0.3, 0.4) is 0 Å². The fourth-order valence-electron chi connectivity index (χ4n) is 4.16. The molecule has 1 saturated heterocycles. The number of carbonyl (C=O) groups is 1. The Morgan fingerprint density at radius 1 is 1.17 bits per heavy atom. The average molecular weight is 325 g/mol. The maximum absolute atomic E-state index is 11.8. The zero-order valence-electron chi connectivity index (χ0n) is 14.4. The molecule has 1 atom stereocenters. The van der Waals surface area contributed by atoms with Crippen molar-refractivity contribution < 1.29 is 19.0 Å². The van der Waals surface area contributed by atoms with E-state index in [-0.39, 0.29) is 23.8 Å². The van der Waals surface area contributed by atoms with Crippen LogP contribution in [0.4, 0.5) is 0 Å². The van der Waals surface area contributed by atoms with E-state index >= 15 is 0 Å². The first-order valence-corrected chi connectivity index (χ1v) is 9.42. The molecule has 0 aromatic heterocycles. The smallest absolute Gasteiger partial charge is 0.308 e. The lowest BCUT2D eigenvalue weighted by molar-refractivity contribution is -0.186. The lowest BCUT2D eigenvalue weighted by atomic mass is 9.86. The molecule has 0 bridgehead atoms. The van der Waals surface area contributed by atoms with Crippen molar-refractivity contribution in [3.8, 4) is 0 Å². The molecule has 23 heavy (non-hydrogen) atoms. The largest absolute Gasteiger partial charge is 0.466 e. The van der Waals surface area contributed by atoms with Crippen molar-refractivity contribution in [3.63, 3.8) is 0 Å². The molecule has 1 unspecified atom stereocenters. The lowest BCUT2D eigenvalue weighted by Crippen LogP contribution is -2.41. The second-order valence-electron chi connectivity index (χ2n) is 7.23. The van der Waals surface area contributed by atoms with Crippen LogP contribution in [0.2, 0.25) is 0 Å². The molecule has 1 N–H and O–H groups in total. The first kappa shape index (κ1) is 17.2. The standard InChI is InChI=1S/C18H31NO4/c1-2-21-17(20)14-6-8-15(9-7-14)19-12-16-13-22-18(23-16)10-4-3-5-11-18/h14-16,19H,2-13H2,1H3. The number of esters is 1. The Morgan fingerprint density at radius 3 is 2.61 bits per heavy atom. The van der Waals surface area contributed by atoms with Crippen molar-refractivity contribution in [1.29, 1.82) is 0 Å². The van der Waals surface area contributed by atoms with Gasteiger partial charge in [-0.05, 0) is 45.4 Å². The zero-order chi connectivity index (χ0) is 16.1. The fraction of sp³-hybridized carbons (Fsp3) is 0.944. The van der Waals surface area contributed by atoms with E-state index in [0.717, 1.165) is 45.1 Å². The highest BCUT2D eigenvalue weighted by Crippen LogP contribution is 2.37. The number of hydrogen-bond acceptors (Lipinski definition) is 5. The predicted molar refractivity (Wildman–Crippen MR) is 87.0 cm³/mol. The maximum atomic E-state index is 11.8. The van der Waals surface area contributed by atoms with E-state index in [4.69, 9.17) is 14.2 Å². The van der Waals surface area contributed by atoms with Crippen LogP contribution in [-0.4, -0.2) is 43.7 Å². The van der Waals surface area contributed by atoms with Gasteiger partial charge in [-0.3, -0.25) is 4.79 Å². The van der Waals surface area contributed by atoms with E-state index in [9.17, 15) is 4.79 Å². The van der Waals surface area contributed by atoms with E-state index < -0.39 is 0 Å². The normalized spacial score (nSPS) is 33.7. The van der Waals surface area contributed by atoms with E-state index in [1.54, 1.807) is 0 Å². The third kappa shape index (κ3) is 4.46. The molecule has 1 spiro atoms. The summed E-state index contributed by atoms with van der Waals surface area (Å²) >= 11 is 0. The summed E-state index contributed by atoms with van der Waals surface area (Å²) in [5.74, 6) is -0.186. The van der Waals surface area contributed by atoms with Gasteiger partial charge in [-0.25, -0.2) is 0 Å². The molecule has 132 valence electrons. The lowest BCUT2D eigenvalue weighted by Gasteiger charge is -2.32. The van der Waals surface area contributed by atoms with Gasteiger partial charge in [-0.1, -0.05) is 6.42 Å². The Hall–Kier alpha value is -0.650. The summed E-state index contributed by atoms with van der Waals surface area (Å²) in [5.41, 5.74) is 0. The van der Waals surface area contributed by atoms with Crippen LogP contribution < -0.4 is 5.32 Å². The van der Waals surface area contributed by atoms with Gasteiger partial charge in [0.1, 0.15) is 0 Å². The highest BCUT2D eigenvalue weighted by atomic mass is 16.7. The third-order valence-electron chi connectivity index (χ3n) is 5.51. The molecule has 2 aliphatic carbocycles. The van der Waals surface area contributed by atoms with Gasteiger partial charge in [0, 0.05) is 25.4 Å². The molecular formula is C18H31NO4. The van der Waals surface area contributed by atoms with Crippen molar-refractivity contribution in [2.45, 2.75) is 82.6 Å². The number of nitrogens with one attached hydrogen (secondary N) is 1. The van der Waals surface area contributed by atoms with Gasteiger partial charge < -0.3 is 19.5 Å². The van der Waals surface area contributed by atoms with Crippen LogP contribution in [0.25, 0.3) is 0 Å². The molecule has 0 amide bonds. The topological polar surface area (TPSA) is 56.8 Å². The molecular weight excluding hydrogens is 294 g/mol. The summed E-state index contributed by atoms with van der Waals surface area (Å²) in [6.07, 6.45) is 9.98. The van der Waals surface area contributed by atoms with E-state index in [0.29, 0.717) is 19.3 Å². The summed E-state index contributed by atoms with van der Waals surface area (Å²) in [6.45, 7) is 3.92. The summed E-state index contributed by atoms with van der Waals surface area (Å²) in [5, 5.41) is 3.62. The fourth-order valence-corrected chi connectivity index (χ4v) is 4.16. The van der Waals surface area contributed by atoms with Gasteiger partial charge in [0.05, 0.1) is 25.2 Å². The van der Waals surface area contributed by atoms with E-state index in [2.05, 4.69) is 5.32 Å². The van der Waals surface area contributed by atoms with Crippen molar-refractivity contribution in [2.24, 2.45) is 5.92 Å². The summed E-state index contributed by atoms with van der Waals surface area (Å²) in [7, 11) is 0. The van der Waals surface area contributed by atoms with E-state index in [1.165, 1.54) is 19.3 Å². The Balaban J connectivity index is 1.35. The molecule has 0 aromatic carbocycles. The van der Waals surface area contributed by atoms with Gasteiger partial charge in [-0.15, -0.1) is 0 Å². The van der Waals surface area contributed by atoms with Crippen LogP contribution in [0.1, 0.15) is 64.7 Å². The van der Waals surface area contributed by atoms with Crippen molar-refractivity contribution in [1.82, 2.24) is 5.32 Å².